The van der Waals surface area contributed by atoms with Crippen molar-refractivity contribution in [3.63, 3.8) is 0 Å². The molecule has 0 unspecified atom stereocenters. The first-order valence-electron chi connectivity index (χ1n) is 12.6. The highest BCUT2D eigenvalue weighted by Crippen LogP contribution is 2.43. The number of phenols is 4. The summed E-state index contributed by atoms with van der Waals surface area (Å²) in [6.07, 6.45) is -14.7. The smallest absolute Gasteiger partial charge is 0.229 e. The lowest BCUT2D eigenvalue weighted by atomic mass is 9.99. The molecular formula is C26H28O16. The van der Waals surface area contributed by atoms with Crippen molar-refractivity contribution in [3.05, 3.63) is 40.6 Å². The summed E-state index contributed by atoms with van der Waals surface area (Å²) in [4.78, 5) is 12.8. The molecule has 2 aliphatic heterocycles. The van der Waals surface area contributed by atoms with Crippen LogP contribution in [-0.2, 0) is 14.2 Å². The topological polar surface area (TPSA) is 269 Å². The molecule has 0 amide bonds. The number of rotatable bonds is 6. The molecule has 10 N–H and O–H groups in total. The second-order valence-corrected chi connectivity index (χ2v) is 9.84. The fraction of sp³-hybridized carbons (Fsp3) is 0.423. The summed E-state index contributed by atoms with van der Waals surface area (Å²) in [7, 11) is 0. The van der Waals surface area contributed by atoms with Gasteiger partial charge in [-0.1, -0.05) is 0 Å². The molecule has 2 saturated heterocycles. The first kappa shape index (κ1) is 29.8. The summed E-state index contributed by atoms with van der Waals surface area (Å²) in [6, 6.07) is 5.60. The highest BCUT2D eigenvalue weighted by Gasteiger charge is 2.46. The maximum absolute atomic E-state index is 12.8. The number of fused-ring (bicyclic) bond motifs is 1. The zero-order valence-electron chi connectivity index (χ0n) is 21.4. The average molecular weight is 596 g/mol. The highest BCUT2D eigenvalue weighted by atomic mass is 16.7. The van der Waals surface area contributed by atoms with Crippen LogP contribution in [0.1, 0.15) is 0 Å². The van der Waals surface area contributed by atoms with Crippen molar-refractivity contribution in [3.8, 4) is 40.1 Å². The van der Waals surface area contributed by atoms with E-state index in [1.165, 1.54) is 6.07 Å². The molecule has 9 atom stereocenters. The van der Waals surface area contributed by atoms with Crippen molar-refractivity contribution < 1.29 is 74.4 Å². The first-order valence-corrected chi connectivity index (χ1v) is 12.6. The van der Waals surface area contributed by atoms with Crippen LogP contribution in [0.15, 0.2) is 39.5 Å². The van der Waals surface area contributed by atoms with Gasteiger partial charge in [-0.3, -0.25) is 4.79 Å². The molecule has 2 aliphatic rings. The van der Waals surface area contributed by atoms with Gasteiger partial charge < -0.3 is 74.4 Å². The first-order chi connectivity index (χ1) is 19.9. The molecule has 16 nitrogen and oxygen atoms in total. The quantitative estimate of drug-likeness (QED) is 0.137. The van der Waals surface area contributed by atoms with Crippen LogP contribution in [0.5, 0.6) is 28.7 Å². The summed E-state index contributed by atoms with van der Waals surface area (Å²) < 4.78 is 27.2. The van der Waals surface area contributed by atoms with E-state index in [1.54, 1.807) is 0 Å². The van der Waals surface area contributed by atoms with Crippen LogP contribution in [0.3, 0.4) is 0 Å². The summed E-state index contributed by atoms with van der Waals surface area (Å²) >= 11 is 0. The number of aliphatic hydroxyl groups is 6. The van der Waals surface area contributed by atoms with E-state index in [4.69, 9.17) is 23.4 Å². The van der Waals surface area contributed by atoms with Gasteiger partial charge in [0.25, 0.3) is 0 Å². The number of hydrogen-bond donors (Lipinski definition) is 10. The Labute approximate surface area is 235 Å². The van der Waals surface area contributed by atoms with E-state index in [0.29, 0.717) is 0 Å². The van der Waals surface area contributed by atoms with Crippen molar-refractivity contribution >= 4 is 11.0 Å². The Kier molecular flexibility index (Phi) is 8.17. The molecule has 0 radical (unpaired) electrons. The van der Waals surface area contributed by atoms with Crippen LogP contribution in [0.25, 0.3) is 22.3 Å². The molecule has 0 aliphatic carbocycles. The fourth-order valence-electron chi connectivity index (χ4n) is 4.57. The third-order valence-electron chi connectivity index (χ3n) is 6.98. The fourth-order valence-corrected chi connectivity index (χ4v) is 4.57. The van der Waals surface area contributed by atoms with Crippen LogP contribution in [-0.4, -0.2) is 120 Å². The molecule has 1 aromatic heterocycles. The molecule has 0 spiro atoms. The van der Waals surface area contributed by atoms with Crippen LogP contribution in [0.4, 0.5) is 0 Å². The van der Waals surface area contributed by atoms with Crippen molar-refractivity contribution in [2.45, 2.75) is 55.3 Å². The Morgan fingerprint density at radius 1 is 0.786 bits per heavy atom. The Bertz CT molecular complexity index is 1510. The van der Waals surface area contributed by atoms with E-state index >= 15 is 0 Å². The van der Waals surface area contributed by atoms with Gasteiger partial charge in [-0.2, -0.15) is 0 Å². The molecule has 3 aromatic rings. The van der Waals surface area contributed by atoms with E-state index in [-0.39, 0.29) is 23.5 Å². The molecule has 228 valence electrons. The van der Waals surface area contributed by atoms with Crippen LogP contribution in [0.2, 0.25) is 0 Å². The Hall–Kier alpha value is -3.71. The normalized spacial score (nSPS) is 31.7. The van der Waals surface area contributed by atoms with Crippen molar-refractivity contribution in [2.75, 3.05) is 13.2 Å². The lowest BCUT2D eigenvalue weighted by Crippen LogP contribution is -2.61. The predicted molar refractivity (Wildman–Crippen MR) is 136 cm³/mol. The Morgan fingerprint density at radius 3 is 2.21 bits per heavy atom. The monoisotopic (exact) mass is 596 g/mol. The second kappa shape index (κ2) is 11.5. The zero-order chi connectivity index (χ0) is 30.5. The van der Waals surface area contributed by atoms with Gasteiger partial charge in [0.15, 0.2) is 34.7 Å². The van der Waals surface area contributed by atoms with Gasteiger partial charge in [-0.25, -0.2) is 0 Å². The van der Waals surface area contributed by atoms with E-state index in [9.17, 15) is 55.9 Å². The van der Waals surface area contributed by atoms with E-state index in [2.05, 4.69) is 0 Å². The summed E-state index contributed by atoms with van der Waals surface area (Å²) in [5.74, 6) is -3.45. The number of aliphatic hydroxyl groups excluding tert-OH is 6. The third-order valence-corrected chi connectivity index (χ3v) is 6.98. The SMILES string of the molecule is O=c1cc(-c2ccc(O)c(O)c2)oc2cc(O[C@@H]3O[C@H](CO[C@@H]4OC[C@@H](O)[C@H](O)[C@H]4O)[C@@H](O)[C@H](O)[C@H]3O)c(O)c(O)c12. The Morgan fingerprint density at radius 2 is 1.50 bits per heavy atom. The van der Waals surface area contributed by atoms with E-state index in [1.807, 2.05) is 0 Å². The summed E-state index contributed by atoms with van der Waals surface area (Å²) in [6.45, 7) is -0.928. The molecular weight excluding hydrogens is 568 g/mol. The van der Waals surface area contributed by atoms with Gasteiger partial charge in [-0.05, 0) is 18.2 Å². The van der Waals surface area contributed by atoms with E-state index in [0.717, 1.165) is 24.3 Å². The maximum atomic E-state index is 12.8. The van der Waals surface area contributed by atoms with Crippen molar-refractivity contribution in [2.24, 2.45) is 0 Å². The molecule has 2 fully saturated rings. The van der Waals surface area contributed by atoms with Gasteiger partial charge in [0.05, 0.1) is 13.2 Å². The van der Waals surface area contributed by atoms with Gasteiger partial charge in [-0.15, -0.1) is 0 Å². The molecule has 5 rings (SSSR count). The largest absolute Gasteiger partial charge is 0.504 e. The minimum Gasteiger partial charge on any atom is -0.504 e. The lowest BCUT2D eigenvalue weighted by molar-refractivity contribution is -0.307. The minimum absolute atomic E-state index is 0.0895. The standard InChI is InChI=1S/C26H28O16/c27-9-2-1-8(3-10(9)28)13-4-11(29)17-14(40-13)5-15(19(32)21(17)34)41-26-24(37)22(35)20(33)16(42-26)7-39-25-23(36)18(31)12(30)6-38-25/h1-5,12,16,18,20,22-28,30-37H,6-7H2/t12-,16-,18+,20-,22+,23-,24-,25+,26-/m1/s1. The van der Waals surface area contributed by atoms with Crippen molar-refractivity contribution in [1.82, 2.24) is 0 Å². The molecule has 0 bridgehead atoms. The highest BCUT2D eigenvalue weighted by molar-refractivity contribution is 5.89. The molecule has 0 saturated carbocycles. The number of aromatic hydroxyl groups is 4. The van der Waals surface area contributed by atoms with Crippen LogP contribution >= 0.6 is 0 Å². The van der Waals surface area contributed by atoms with Gasteiger partial charge >= 0.3 is 0 Å². The van der Waals surface area contributed by atoms with Crippen LogP contribution in [0, 0.1) is 0 Å². The van der Waals surface area contributed by atoms with Crippen LogP contribution < -0.4 is 10.2 Å². The molecule has 2 aromatic carbocycles. The molecule has 16 heteroatoms. The van der Waals surface area contributed by atoms with E-state index < -0.39 is 101 Å². The Balaban J connectivity index is 1.40. The molecule has 42 heavy (non-hydrogen) atoms. The minimum atomic E-state index is -1.90. The zero-order valence-corrected chi connectivity index (χ0v) is 21.4. The number of ether oxygens (including phenoxy) is 4. The van der Waals surface area contributed by atoms with Crippen molar-refractivity contribution in [1.29, 1.82) is 0 Å². The maximum Gasteiger partial charge on any atom is 0.229 e. The second-order valence-electron chi connectivity index (χ2n) is 9.84. The number of hydrogen-bond acceptors (Lipinski definition) is 16. The van der Waals surface area contributed by atoms with Gasteiger partial charge in [0.1, 0.15) is 59.5 Å². The van der Waals surface area contributed by atoms with Gasteiger partial charge in [0.2, 0.25) is 12.0 Å². The number of benzene rings is 2. The number of phenolic OH excluding ortho intramolecular Hbond substituents is 4. The summed E-state index contributed by atoms with van der Waals surface area (Å²) in [5.41, 5.74) is -0.905. The predicted octanol–water partition coefficient (Wildman–Crippen LogP) is -2.08. The molecule has 3 heterocycles. The third kappa shape index (κ3) is 5.42. The van der Waals surface area contributed by atoms with Gasteiger partial charge in [0, 0.05) is 17.7 Å². The summed E-state index contributed by atoms with van der Waals surface area (Å²) in [5, 5.41) is 101. The average Bonchev–Trinajstić information content (AvgIpc) is 2.96. The lowest BCUT2D eigenvalue weighted by Gasteiger charge is -2.41.